The van der Waals surface area contributed by atoms with Gasteiger partial charge < -0.3 is 10.1 Å². The maximum Gasteiger partial charge on any atom is 0.407 e. The minimum absolute atomic E-state index is 0.0871. The molecule has 37 heavy (non-hydrogen) atoms. The van der Waals surface area contributed by atoms with Crippen molar-refractivity contribution in [2.75, 3.05) is 13.1 Å². The smallest absolute Gasteiger partial charge is 0.407 e. The fraction of sp³-hybridized carbons (Fsp3) is 0.194. The Morgan fingerprint density at radius 1 is 0.892 bits per heavy atom. The third-order valence-electron chi connectivity index (χ3n) is 6.43. The molecule has 1 atom stereocenters. The van der Waals surface area contributed by atoms with Crippen molar-refractivity contribution in [2.45, 2.75) is 35.4 Å². The molecule has 1 heterocycles. The van der Waals surface area contributed by atoms with Crippen LogP contribution in [0.3, 0.4) is 0 Å². The van der Waals surface area contributed by atoms with Crippen molar-refractivity contribution in [3.63, 3.8) is 0 Å². The molecule has 4 aromatic carbocycles. The highest BCUT2D eigenvalue weighted by molar-refractivity contribution is 7.99. The summed E-state index contributed by atoms with van der Waals surface area (Å²) in [4.78, 5) is 17.2. The lowest BCUT2D eigenvalue weighted by Crippen LogP contribution is -2.37. The second-order valence-corrected chi connectivity index (χ2v) is 10.7. The summed E-state index contributed by atoms with van der Waals surface area (Å²) < 4.78 is 5.50. The lowest BCUT2D eigenvalue weighted by atomic mass is 10.0. The van der Waals surface area contributed by atoms with Gasteiger partial charge in [-0.2, -0.15) is 0 Å². The van der Waals surface area contributed by atoms with E-state index < -0.39 is 0 Å². The summed E-state index contributed by atoms with van der Waals surface area (Å²) in [5.41, 5.74) is 4.57. The molecule has 188 valence electrons. The van der Waals surface area contributed by atoms with E-state index in [0.717, 1.165) is 47.1 Å². The zero-order chi connectivity index (χ0) is 25.5. The van der Waals surface area contributed by atoms with Crippen LogP contribution < -0.4 is 5.32 Å². The van der Waals surface area contributed by atoms with Gasteiger partial charge in [0.1, 0.15) is 6.61 Å². The van der Waals surface area contributed by atoms with Crippen LogP contribution in [-0.4, -0.2) is 30.1 Å². The normalized spacial score (nSPS) is 15.4. The first-order valence-electron chi connectivity index (χ1n) is 12.4. The zero-order valence-corrected chi connectivity index (χ0v) is 22.1. The van der Waals surface area contributed by atoms with Gasteiger partial charge in [0.2, 0.25) is 0 Å². The number of amides is 1. The first-order chi connectivity index (χ1) is 18.1. The van der Waals surface area contributed by atoms with Gasteiger partial charge in [-0.25, -0.2) is 4.79 Å². The van der Waals surface area contributed by atoms with Gasteiger partial charge in [0.05, 0.1) is 0 Å². The summed E-state index contributed by atoms with van der Waals surface area (Å²) >= 11 is 7.78. The van der Waals surface area contributed by atoms with Crippen LogP contribution in [0.15, 0.2) is 113 Å². The summed E-state index contributed by atoms with van der Waals surface area (Å²) in [5, 5.41) is 3.78. The molecule has 1 amide bonds. The van der Waals surface area contributed by atoms with E-state index in [1.807, 2.05) is 54.6 Å². The molecule has 0 aliphatic carbocycles. The van der Waals surface area contributed by atoms with Gasteiger partial charge in [-0.3, -0.25) is 4.90 Å². The number of nitrogens with one attached hydrogen (secondary N) is 1. The van der Waals surface area contributed by atoms with Crippen molar-refractivity contribution in [3.05, 3.63) is 119 Å². The molecule has 1 N–H and O–H groups in total. The largest absolute Gasteiger partial charge is 0.445 e. The molecule has 0 bridgehead atoms. The summed E-state index contributed by atoms with van der Waals surface area (Å²) in [6.45, 7) is 2.84. The Kier molecular flexibility index (Phi) is 8.46. The minimum atomic E-state index is -0.363. The number of nitrogens with zero attached hydrogens (tertiary/aromatic N) is 1. The lowest BCUT2D eigenvalue weighted by molar-refractivity contribution is 0.135. The number of alkyl carbamates (subject to hydrolysis) is 1. The maximum atomic E-state index is 12.4. The SMILES string of the molecule is O=C(NC1CCN(Cc2ccccc2Sc2ccc(Cl)cc2)C1)OCc1ccc(-c2ccccc2)cc1. The predicted molar refractivity (Wildman–Crippen MR) is 151 cm³/mol. The van der Waals surface area contributed by atoms with E-state index in [4.69, 9.17) is 16.3 Å². The molecule has 1 aliphatic heterocycles. The van der Waals surface area contributed by atoms with Crippen molar-refractivity contribution in [1.29, 1.82) is 0 Å². The number of carbonyl (C=O) groups is 1. The Bertz CT molecular complexity index is 1310. The maximum absolute atomic E-state index is 12.4. The highest BCUT2D eigenvalue weighted by Gasteiger charge is 2.25. The molecule has 0 saturated carbocycles. The Morgan fingerprint density at radius 3 is 2.38 bits per heavy atom. The summed E-state index contributed by atoms with van der Waals surface area (Å²) in [7, 11) is 0. The van der Waals surface area contributed by atoms with Crippen molar-refractivity contribution >= 4 is 29.5 Å². The van der Waals surface area contributed by atoms with E-state index in [0.29, 0.717) is 0 Å². The third-order valence-corrected chi connectivity index (χ3v) is 7.81. The van der Waals surface area contributed by atoms with E-state index in [2.05, 4.69) is 58.7 Å². The molecule has 0 radical (unpaired) electrons. The minimum Gasteiger partial charge on any atom is -0.445 e. The van der Waals surface area contributed by atoms with Crippen LogP contribution in [-0.2, 0) is 17.9 Å². The number of benzene rings is 4. The van der Waals surface area contributed by atoms with E-state index in [1.54, 1.807) is 11.8 Å². The van der Waals surface area contributed by atoms with Crippen molar-refractivity contribution in [1.82, 2.24) is 10.2 Å². The molecule has 1 saturated heterocycles. The zero-order valence-electron chi connectivity index (χ0n) is 20.5. The average Bonchev–Trinajstić information content (AvgIpc) is 3.37. The average molecular weight is 529 g/mol. The Balaban J connectivity index is 1.09. The fourth-order valence-electron chi connectivity index (χ4n) is 4.48. The highest BCUT2D eigenvalue weighted by Crippen LogP contribution is 2.32. The predicted octanol–water partition coefficient (Wildman–Crippen LogP) is 7.66. The highest BCUT2D eigenvalue weighted by atomic mass is 35.5. The topological polar surface area (TPSA) is 41.6 Å². The van der Waals surface area contributed by atoms with Crippen molar-refractivity contribution in [2.24, 2.45) is 0 Å². The lowest BCUT2D eigenvalue weighted by Gasteiger charge is -2.18. The number of hydrogen-bond acceptors (Lipinski definition) is 4. The van der Waals surface area contributed by atoms with Gasteiger partial charge in [-0.15, -0.1) is 0 Å². The summed E-state index contributed by atoms with van der Waals surface area (Å²) in [6.07, 6.45) is 0.547. The van der Waals surface area contributed by atoms with Gasteiger partial charge in [0.15, 0.2) is 0 Å². The molecule has 4 aromatic rings. The van der Waals surface area contributed by atoms with E-state index >= 15 is 0 Å². The van der Waals surface area contributed by atoms with Crippen molar-refractivity contribution < 1.29 is 9.53 Å². The Hall–Kier alpha value is -3.25. The number of ether oxygens (including phenoxy) is 1. The second kappa shape index (κ2) is 12.3. The molecule has 4 nitrogen and oxygen atoms in total. The Labute approximate surface area is 227 Å². The second-order valence-electron chi connectivity index (χ2n) is 9.17. The number of halogens is 1. The van der Waals surface area contributed by atoms with Crippen LogP contribution >= 0.6 is 23.4 Å². The first kappa shape index (κ1) is 25.4. The summed E-state index contributed by atoms with van der Waals surface area (Å²) in [6, 6.07) is 34.9. The Morgan fingerprint density at radius 2 is 1.59 bits per heavy atom. The molecule has 5 rings (SSSR count). The van der Waals surface area contributed by atoms with E-state index in [1.165, 1.54) is 16.0 Å². The van der Waals surface area contributed by atoms with Crippen LogP contribution in [0.5, 0.6) is 0 Å². The van der Waals surface area contributed by atoms with Gasteiger partial charge >= 0.3 is 6.09 Å². The van der Waals surface area contributed by atoms with Gasteiger partial charge in [0, 0.05) is 40.5 Å². The monoisotopic (exact) mass is 528 g/mol. The summed E-state index contributed by atoms with van der Waals surface area (Å²) in [5.74, 6) is 0. The standard InChI is InChI=1S/C31H29ClN2O2S/c32-27-14-16-29(17-15-27)37-30-9-5-4-8-26(30)20-34-19-18-28(21-34)33-31(35)36-22-23-10-12-25(13-11-23)24-6-2-1-3-7-24/h1-17,28H,18-22H2,(H,33,35). The molecule has 1 unspecified atom stereocenters. The molecule has 0 spiro atoms. The van der Waals surface area contributed by atoms with Crippen LogP contribution in [0.2, 0.25) is 5.02 Å². The molecular weight excluding hydrogens is 500 g/mol. The number of likely N-dealkylation sites (tertiary alicyclic amines) is 1. The van der Waals surface area contributed by atoms with Gasteiger partial charge in [0.25, 0.3) is 0 Å². The van der Waals surface area contributed by atoms with Crippen LogP contribution in [0.1, 0.15) is 17.5 Å². The first-order valence-corrected chi connectivity index (χ1v) is 13.6. The van der Waals surface area contributed by atoms with Gasteiger partial charge in [-0.1, -0.05) is 96.2 Å². The van der Waals surface area contributed by atoms with Gasteiger partial charge in [-0.05, 0) is 59.0 Å². The molecular formula is C31H29ClN2O2S. The van der Waals surface area contributed by atoms with Crippen LogP contribution in [0.4, 0.5) is 4.79 Å². The van der Waals surface area contributed by atoms with Crippen LogP contribution in [0, 0.1) is 0 Å². The molecule has 1 fully saturated rings. The molecule has 6 heteroatoms. The molecule has 0 aromatic heterocycles. The quantitative estimate of drug-likeness (QED) is 0.255. The number of rotatable bonds is 8. The van der Waals surface area contributed by atoms with E-state index in [-0.39, 0.29) is 18.7 Å². The fourth-order valence-corrected chi connectivity index (χ4v) is 5.54. The van der Waals surface area contributed by atoms with Crippen molar-refractivity contribution in [3.8, 4) is 11.1 Å². The molecule has 1 aliphatic rings. The number of hydrogen-bond donors (Lipinski definition) is 1. The third kappa shape index (κ3) is 7.16. The van der Waals surface area contributed by atoms with E-state index in [9.17, 15) is 4.79 Å². The number of carbonyl (C=O) groups excluding carboxylic acids is 1. The van der Waals surface area contributed by atoms with Crippen LogP contribution in [0.25, 0.3) is 11.1 Å².